The lowest BCUT2D eigenvalue weighted by molar-refractivity contribution is 0.527. The van der Waals surface area contributed by atoms with Crippen molar-refractivity contribution in [3.8, 4) is 0 Å². The fourth-order valence-corrected chi connectivity index (χ4v) is 0.966. The van der Waals surface area contributed by atoms with E-state index in [1.165, 1.54) is 19.3 Å². The van der Waals surface area contributed by atoms with Crippen molar-refractivity contribution in [2.24, 2.45) is 10.9 Å². The second kappa shape index (κ2) is 7.49. The van der Waals surface area contributed by atoms with Gasteiger partial charge >= 0.3 is 0 Å². The van der Waals surface area contributed by atoms with Crippen LogP contribution in [-0.4, -0.2) is 12.6 Å². The maximum atomic E-state index is 9.65. The summed E-state index contributed by atoms with van der Waals surface area (Å²) in [6, 6.07) is 0. The van der Waals surface area contributed by atoms with Crippen LogP contribution in [0, 0.1) is 5.92 Å². The molecule has 0 saturated heterocycles. The monoisotopic (exact) mass is 155 g/mol. The molecule has 0 heterocycles. The third kappa shape index (κ3) is 9.38. The van der Waals surface area contributed by atoms with Gasteiger partial charge in [-0.2, -0.15) is 0 Å². The fraction of sp³-hybridized carbons (Fsp3) is 0.889. The molecule has 0 aromatic carbocycles. The first-order chi connectivity index (χ1) is 5.27. The molecule has 0 amide bonds. The number of unbranched alkanes of at least 4 members (excludes halogenated alkanes) is 2. The summed E-state index contributed by atoms with van der Waals surface area (Å²) in [7, 11) is 0. The summed E-state index contributed by atoms with van der Waals surface area (Å²) in [6.45, 7) is 5.11. The molecule has 0 aromatic heterocycles. The highest BCUT2D eigenvalue weighted by Crippen LogP contribution is 2.07. The smallest absolute Gasteiger partial charge is 0.211 e. The summed E-state index contributed by atoms with van der Waals surface area (Å²) in [5.74, 6) is 0.796. The molecule has 0 radical (unpaired) electrons. The minimum absolute atomic E-state index is 0.654. The number of nitrogens with zero attached hydrogens (tertiary/aromatic N) is 1. The van der Waals surface area contributed by atoms with Crippen LogP contribution < -0.4 is 0 Å². The van der Waals surface area contributed by atoms with Crippen molar-refractivity contribution in [2.75, 3.05) is 6.54 Å². The molecule has 64 valence electrons. The van der Waals surface area contributed by atoms with E-state index in [9.17, 15) is 4.79 Å². The highest BCUT2D eigenvalue weighted by Gasteiger charge is 1.92. The molecular weight excluding hydrogens is 138 g/mol. The van der Waals surface area contributed by atoms with Crippen molar-refractivity contribution in [2.45, 2.75) is 39.5 Å². The lowest BCUT2D eigenvalue weighted by Gasteiger charge is -2.01. The lowest BCUT2D eigenvalue weighted by Crippen LogP contribution is -1.88. The first-order valence-electron chi connectivity index (χ1n) is 4.31. The van der Waals surface area contributed by atoms with Gasteiger partial charge in [0.15, 0.2) is 0 Å². The van der Waals surface area contributed by atoms with Crippen LogP contribution in [0.3, 0.4) is 0 Å². The Morgan fingerprint density at radius 2 is 2.00 bits per heavy atom. The van der Waals surface area contributed by atoms with E-state index in [4.69, 9.17) is 0 Å². The molecule has 0 atom stereocenters. The zero-order valence-corrected chi connectivity index (χ0v) is 7.47. The van der Waals surface area contributed by atoms with E-state index in [1.54, 1.807) is 6.08 Å². The van der Waals surface area contributed by atoms with Crippen molar-refractivity contribution in [1.82, 2.24) is 0 Å². The van der Waals surface area contributed by atoms with Gasteiger partial charge in [0.25, 0.3) is 0 Å². The van der Waals surface area contributed by atoms with Gasteiger partial charge in [-0.25, -0.2) is 9.79 Å². The average molecular weight is 155 g/mol. The minimum atomic E-state index is 0.654. The van der Waals surface area contributed by atoms with Gasteiger partial charge in [0, 0.05) is 0 Å². The largest absolute Gasteiger partial charge is 0.234 e. The third-order valence-corrected chi connectivity index (χ3v) is 1.62. The van der Waals surface area contributed by atoms with E-state index in [-0.39, 0.29) is 0 Å². The minimum Gasteiger partial charge on any atom is -0.211 e. The van der Waals surface area contributed by atoms with Gasteiger partial charge in [-0.05, 0) is 12.3 Å². The Hall–Kier alpha value is -0.620. The predicted octanol–water partition coefficient (Wildman–Crippen LogP) is 2.54. The third-order valence-electron chi connectivity index (χ3n) is 1.62. The van der Waals surface area contributed by atoms with Gasteiger partial charge in [-0.3, -0.25) is 0 Å². The number of carbonyl (C=O) groups excluding carboxylic acids is 1. The molecule has 0 spiro atoms. The Morgan fingerprint density at radius 3 is 2.55 bits per heavy atom. The maximum absolute atomic E-state index is 9.65. The van der Waals surface area contributed by atoms with Crippen LogP contribution in [0.25, 0.3) is 0 Å². The van der Waals surface area contributed by atoms with Crippen LogP contribution in [0.1, 0.15) is 39.5 Å². The normalized spacial score (nSPS) is 9.73. The Labute approximate surface area is 68.7 Å². The molecule has 0 aliphatic heterocycles. The van der Waals surface area contributed by atoms with Crippen molar-refractivity contribution in [3.63, 3.8) is 0 Å². The van der Waals surface area contributed by atoms with Crippen molar-refractivity contribution >= 4 is 6.08 Å². The molecular formula is C9H17NO. The van der Waals surface area contributed by atoms with Gasteiger partial charge < -0.3 is 0 Å². The van der Waals surface area contributed by atoms with E-state index >= 15 is 0 Å². The van der Waals surface area contributed by atoms with Gasteiger partial charge in [0.1, 0.15) is 0 Å². The van der Waals surface area contributed by atoms with E-state index in [0.29, 0.717) is 6.54 Å². The second-order valence-electron chi connectivity index (χ2n) is 3.22. The first kappa shape index (κ1) is 10.4. The Morgan fingerprint density at radius 1 is 1.27 bits per heavy atom. The molecule has 0 rings (SSSR count). The summed E-state index contributed by atoms with van der Waals surface area (Å²) in [5, 5.41) is 0. The number of isocyanates is 1. The molecule has 0 N–H and O–H groups in total. The molecule has 0 aliphatic carbocycles. The Balaban J connectivity index is 2.96. The van der Waals surface area contributed by atoms with Crippen LogP contribution in [0.4, 0.5) is 0 Å². The Bertz CT molecular complexity index is 126. The number of hydrogen-bond acceptors (Lipinski definition) is 2. The average Bonchev–Trinajstić information content (AvgIpc) is 1.96. The quantitative estimate of drug-likeness (QED) is 0.329. The summed E-state index contributed by atoms with van der Waals surface area (Å²) in [4.78, 5) is 13.1. The Kier molecular flexibility index (Phi) is 7.06. The molecule has 0 saturated carbocycles. The standard InChI is InChI=1S/C9H17NO/c1-9(2)6-4-3-5-7-10-8-11/h9H,3-7H2,1-2H3. The van der Waals surface area contributed by atoms with Crippen molar-refractivity contribution in [1.29, 1.82) is 0 Å². The number of aliphatic imine (C=N–C) groups is 1. The van der Waals surface area contributed by atoms with Crippen LogP contribution in [0.15, 0.2) is 4.99 Å². The first-order valence-corrected chi connectivity index (χ1v) is 4.31. The van der Waals surface area contributed by atoms with Crippen LogP contribution in [-0.2, 0) is 4.79 Å². The van der Waals surface area contributed by atoms with E-state index in [0.717, 1.165) is 12.3 Å². The number of rotatable bonds is 6. The fourth-order valence-electron chi connectivity index (χ4n) is 0.966. The highest BCUT2D eigenvalue weighted by atomic mass is 16.1. The molecule has 0 aromatic rings. The van der Waals surface area contributed by atoms with Crippen molar-refractivity contribution < 1.29 is 4.79 Å². The summed E-state index contributed by atoms with van der Waals surface area (Å²) in [5.41, 5.74) is 0. The summed E-state index contributed by atoms with van der Waals surface area (Å²) >= 11 is 0. The second-order valence-corrected chi connectivity index (χ2v) is 3.22. The highest BCUT2D eigenvalue weighted by molar-refractivity contribution is 5.32. The zero-order chi connectivity index (χ0) is 8.53. The molecule has 0 unspecified atom stereocenters. The van der Waals surface area contributed by atoms with Gasteiger partial charge in [-0.1, -0.05) is 33.1 Å². The predicted molar refractivity (Wildman–Crippen MR) is 46.3 cm³/mol. The molecule has 0 bridgehead atoms. The lowest BCUT2D eigenvalue weighted by atomic mass is 10.1. The number of hydrogen-bond donors (Lipinski definition) is 0. The maximum Gasteiger partial charge on any atom is 0.234 e. The zero-order valence-electron chi connectivity index (χ0n) is 7.47. The molecule has 2 heteroatoms. The molecule has 0 aliphatic rings. The van der Waals surface area contributed by atoms with Crippen molar-refractivity contribution in [3.05, 3.63) is 0 Å². The van der Waals surface area contributed by atoms with Crippen LogP contribution in [0.5, 0.6) is 0 Å². The molecule has 0 fully saturated rings. The van der Waals surface area contributed by atoms with E-state index in [2.05, 4.69) is 18.8 Å². The van der Waals surface area contributed by atoms with Crippen LogP contribution >= 0.6 is 0 Å². The van der Waals surface area contributed by atoms with Gasteiger partial charge in [-0.15, -0.1) is 0 Å². The molecule has 2 nitrogen and oxygen atoms in total. The molecule has 11 heavy (non-hydrogen) atoms. The topological polar surface area (TPSA) is 29.4 Å². The van der Waals surface area contributed by atoms with E-state index < -0.39 is 0 Å². The van der Waals surface area contributed by atoms with E-state index in [1.807, 2.05) is 0 Å². The summed E-state index contributed by atoms with van der Waals surface area (Å²) in [6.07, 6.45) is 6.29. The SMILES string of the molecule is CC(C)CCCCCN=C=O. The van der Waals surface area contributed by atoms with Crippen LogP contribution in [0.2, 0.25) is 0 Å². The summed E-state index contributed by atoms with van der Waals surface area (Å²) < 4.78 is 0. The van der Waals surface area contributed by atoms with Gasteiger partial charge in [0.05, 0.1) is 6.54 Å². The van der Waals surface area contributed by atoms with Gasteiger partial charge in [0.2, 0.25) is 6.08 Å².